The fourth-order valence-electron chi connectivity index (χ4n) is 2.16. The van der Waals surface area contributed by atoms with Crippen molar-refractivity contribution in [2.24, 2.45) is 0 Å². The Morgan fingerprint density at radius 1 is 1.00 bits per heavy atom. The van der Waals surface area contributed by atoms with Crippen LogP contribution in [-0.2, 0) is 13.1 Å². The molecular weight excluding hydrogens is 290 g/mol. The largest absolute Gasteiger partial charge is 0.497 e. The minimum atomic E-state index is -0.229. The van der Waals surface area contributed by atoms with Crippen LogP contribution in [0.15, 0.2) is 48.5 Å². The van der Waals surface area contributed by atoms with Crippen LogP contribution in [0, 0.1) is 0 Å². The van der Waals surface area contributed by atoms with Crippen LogP contribution < -0.4 is 15.4 Å². The molecule has 122 valence electrons. The van der Waals surface area contributed by atoms with E-state index in [-0.39, 0.29) is 6.03 Å². The molecule has 0 aromatic heterocycles. The summed E-state index contributed by atoms with van der Waals surface area (Å²) in [6, 6.07) is 15.2. The number of carbonyl (C=O) groups is 1. The van der Waals surface area contributed by atoms with E-state index in [4.69, 9.17) is 4.74 Å². The highest BCUT2D eigenvalue weighted by Gasteiger charge is 2.02. The standard InChI is InChI=1S/C18H23N3O2/c1-21(2)13-15-6-4-14(5-7-15)12-19-18(22)20-16-8-10-17(23-3)11-9-16/h4-11H,12-13H2,1-3H3,(H2,19,20,22). The van der Waals surface area contributed by atoms with E-state index in [2.05, 4.69) is 27.7 Å². The Kier molecular flexibility index (Phi) is 6.00. The van der Waals surface area contributed by atoms with Crippen LogP contribution in [-0.4, -0.2) is 32.1 Å². The number of benzene rings is 2. The number of nitrogens with one attached hydrogen (secondary N) is 2. The molecule has 23 heavy (non-hydrogen) atoms. The zero-order valence-corrected chi connectivity index (χ0v) is 13.8. The lowest BCUT2D eigenvalue weighted by atomic mass is 10.1. The molecule has 0 radical (unpaired) electrons. The third-order valence-electron chi connectivity index (χ3n) is 3.32. The third-order valence-corrected chi connectivity index (χ3v) is 3.32. The number of anilines is 1. The molecule has 2 N–H and O–H groups in total. The predicted molar refractivity (Wildman–Crippen MR) is 92.7 cm³/mol. The molecule has 0 saturated heterocycles. The molecule has 2 aromatic carbocycles. The summed E-state index contributed by atoms with van der Waals surface area (Å²) in [6.45, 7) is 1.40. The van der Waals surface area contributed by atoms with Gasteiger partial charge < -0.3 is 20.3 Å². The van der Waals surface area contributed by atoms with Crippen LogP contribution in [0.25, 0.3) is 0 Å². The van der Waals surface area contributed by atoms with Crippen molar-refractivity contribution in [3.05, 3.63) is 59.7 Å². The molecule has 2 rings (SSSR count). The van der Waals surface area contributed by atoms with Crippen LogP contribution in [0.5, 0.6) is 5.75 Å². The normalized spacial score (nSPS) is 10.4. The molecule has 5 nitrogen and oxygen atoms in total. The van der Waals surface area contributed by atoms with E-state index in [1.54, 1.807) is 31.4 Å². The Balaban J connectivity index is 1.81. The second-order valence-corrected chi connectivity index (χ2v) is 5.59. The summed E-state index contributed by atoms with van der Waals surface area (Å²) >= 11 is 0. The van der Waals surface area contributed by atoms with Crippen LogP contribution in [0.1, 0.15) is 11.1 Å². The molecule has 0 aliphatic carbocycles. The first-order valence-electron chi connectivity index (χ1n) is 7.48. The van der Waals surface area contributed by atoms with Crippen molar-refractivity contribution >= 4 is 11.7 Å². The Bertz CT molecular complexity index is 622. The number of nitrogens with zero attached hydrogens (tertiary/aromatic N) is 1. The van der Waals surface area contributed by atoms with E-state index in [0.29, 0.717) is 6.54 Å². The molecule has 0 atom stereocenters. The fraction of sp³-hybridized carbons (Fsp3) is 0.278. The van der Waals surface area contributed by atoms with Crippen LogP contribution in [0.3, 0.4) is 0 Å². The zero-order valence-electron chi connectivity index (χ0n) is 13.8. The summed E-state index contributed by atoms with van der Waals surface area (Å²) in [7, 11) is 5.69. The lowest BCUT2D eigenvalue weighted by Crippen LogP contribution is -2.28. The highest BCUT2D eigenvalue weighted by molar-refractivity contribution is 5.89. The van der Waals surface area contributed by atoms with E-state index in [1.165, 1.54) is 5.56 Å². The first-order chi connectivity index (χ1) is 11.1. The van der Waals surface area contributed by atoms with E-state index < -0.39 is 0 Å². The Labute approximate surface area is 137 Å². The first-order valence-corrected chi connectivity index (χ1v) is 7.48. The number of amides is 2. The number of urea groups is 1. The number of hydrogen-bond acceptors (Lipinski definition) is 3. The van der Waals surface area contributed by atoms with Crippen LogP contribution >= 0.6 is 0 Å². The Morgan fingerprint density at radius 2 is 1.61 bits per heavy atom. The van der Waals surface area contributed by atoms with Crippen molar-refractivity contribution in [3.8, 4) is 5.75 Å². The molecule has 2 amide bonds. The molecule has 0 aliphatic rings. The van der Waals surface area contributed by atoms with Gasteiger partial charge in [0.25, 0.3) is 0 Å². The van der Waals surface area contributed by atoms with E-state index >= 15 is 0 Å². The molecule has 0 unspecified atom stereocenters. The van der Waals surface area contributed by atoms with Gasteiger partial charge in [-0.3, -0.25) is 0 Å². The number of ether oxygens (including phenoxy) is 1. The van der Waals surface area contributed by atoms with Gasteiger partial charge in [-0.15, -0.1) is 0 Å². The van der Waals surface area contributed by atoms with Crippen molar-refractivity contribution in [3.63, 3.8) is 0 Å². The quantitative estimate of drug-likeness (QED) is 0.862. The van der Waals surface area contributed by atoms with Gasteiger partial charge in [0.1, 0.15) is 5.75 Å². The van der Waals surface area contributed by atoms with Crippen LogP contribution in [0.2, 0.25) is 0 Å². The number of rotatable bonds is 6. The molecule has 0 spiro atoms. The average Bonchev–Trinajstić information content (AvgIpc) is 2.54. The van der Waals surface area contributed by atoms with Gasteiger partial charge in [0, 0.05) is 18.8 Å². The van der Waals surface area contributed by atoms with Crippen molar-refractivity contribution < 1.29 is 9.53 Å². The third kappa shape index (κ3) is 5.64. The molecule has 0 saturated carbocycles. The minimum Gasteiger partial charge on any atom is -0.497 e. The van der Waals surface area contributed by atoms with E-state index in [9.17, 15) is 4.79 Å². The van der Waals surface area contributed by atoms with Gasteiger partial charge in [-0.05, 0) is 49.5 Å². The molecule has 2 aromatic rings. The topological polar surface area (TPSA) is 53.6 Å². The van der Waals surface area contributed by atoms with Gasteiger partial charge in [-0.2, -0.15) is 0 Å². The lowest BCUT2D eigenvalue weighted by Gasteiger charge is -2.11. The highest BCUT2D eigenvalue weighted by atomic mass is 16.5. The van der Waals surface area contributed by atoms with Gasteiger partial charge in [-0.25, -0.2) is 4.79 Å². The maximum absolute atomic E-state index is 11.9. The maximum atomic E-state index is 11.9. The van der Waals surface area contributed by atoms with Crippen molar-refractivity contribution in [2.75, 3.05) is 26.5 Å². The van der Waals surface area contributed by atoms with Gasteiger partial charge in [0.2, 0.25) is 0 Å². The maximum Gasteiger partial charge on any atom is 0.319 e. The smallest absolute Gasteiger partial charge is 0.319 e. The predicted octanol–water partition coefficient (Wildman–Crippen LogP) is 3.08. The molecular formula is C18H23N3O2. The van der Waals surface area contributed by atoms with Crippen molar-refractivity contribution in [2.45, 2.75) is 13.1 Å². The van der Waals surface area contributed by atoms with Crippen LogP contribution in [0.4, 0.5) is 10.5 Å². The Hall–Kier alpha value is -2.53. The Morgan fingerprint density at radius 3 is 2.17 bits per heavy atom. The van der Waals surface area contributed by atoms with Gasteiger partial charge in [0.05, 0.1) is 7.11 Å². The molecule has 0 heterocycles. The summed E-state index contributed by atoms with van der Waals surface area (Å²) < 4.78 is 5.08. The number of methoxy groups -OCH3 is 1. The average molecular weight is 313 g/mol. The minimum absolute atomic E-state index is 0.229. The van der Waals surface area contributed by atoms with E-state index in [0.717, 1.165) is 23.5 Å². The van der Waals surface area contributed by atoms with Crippen molar-refractivity contribution in [1.82, 2.24) is 10.2 Å². The summed E-state index contributed by atoms with van der Waals surface area (Å²) in [6.07, 6.45) is 0. The number of carbonyl (C=O) groups excluding carboxylic acids is 1. The monoisotopic (exact) mass is 313 g/mol. The highest BCUT2D eigenvalue weighted by Crippen LogP contribution is 2.14. The van der Waals surface area contributed by atoms with Gasteiger partial charge >= 0.3 is 6.03 Å². The lowest BCUT2D eigenvalue weighted by molar-refractivity contribution is 0.251. The summed E-state index contributed by atoms with van der Waals surface area (Å²) in [5.41, 5.74) is 3.04. The first kappa shape index (κ1) is 16.8. The number of hydrogen-bond donors (Lipinski definition) is 2. The molecule has 0 aliphatic heterocycles. The molecule has 0 bridgehead atoms. The van der Waals surface area contributed by atoms with Gasteiger partial charge in [-0.1, -0.05) is 24.3 Å². The van der Waals surface area contributed by atoms with Gasteiger partial charge in [0.15, 0.2) is 0 Å². The second-order valence-electron chi connectivity index (χ2n) is 5.59. The summed E-state index contributed by atoms with van der Waals surface area (Å²) in [5.74, 6) is 0.758. The van der Waals surface area contributed by atoms with Crippen molar-refractivity contribution in [1.29, 1.82) is 0 Å². The zero-order chi connectivity index (χ0) is 16.7. The van der Waals surface area contributed by atoms with E-state index in [1.807, 2.05) is 26.2 Å². The molecule has 0 fully saturated rings. The summed E-state index contributed by atoms with van der Waals surface area (Å²) in [5, 5.41) is 5.63. The SMILES string of the molecule is COc1ccc(NC(=O)NCc2ccc(CN(C)C)cc2)cc1. The second kappa shape index (κ2) is 8.19. The fourth-order valence-corrected chi connectivity index (χ4v) is 2.16. The summed E-state index contributed by atoms with van der Waals surface area (Å²) in [4.78, 5) is 14.0. The molecule has 5 heteroatoms.